The minimum absolute atomic E-state index is 0. The van der Waals surface area contributed by atoms with E-state index in [9.17, 15) is 4.79 Å². The molecule has 1 aromatic heterocycles. The Morgan fingerprint density at radius 2 is 2.12 bits per heavy atom. The second kappa shape index (κ2) is 9.22. The van der Waals surface area contributed by atoms with Gasteiger partial charge in [-0.05, 0) is 42.7 Å². The molecule has 1 fully saturated rings. The number of hydrogen-bond acceptors (Lipinski definition) is 3. The highest BCUT2D eigenvalue weighted by Crippen LogP contribution is 2.22. The Labute approximate surface area is 155 Å². The van der Waals surface area contributed by atoms with Gasteiger partial charge < -0.3 is 20.8 Å². The van der Waals surface area contributed by atoms with E-state index in [1.807, 2.05) is 6.20 Å². The van der Waals surface area contributed by atoms with Crippen LogP contribution in [-0.4, -0.2) is 36.7 Å². The predicted octanol–water partition coefficient (Wildman–Crippen LogP) is 2.56. The third kappa shape index (κ3) is 4.54. The minimum Gasteiger partial charge on any atom is -0.381 e. The number of nitrogens with two attached hydrogens (primary N) is 1. The summed E-state index contributed by atoms with van der Waals surface area (Å²) < 4.78 is 5.33. The number of H-pyrrole nitrogens is 1. The van der Waals surface area contributed by atoms with Crippen molar-refractivity contribution < 1.29 is 9.53 Å². The molecule has 0 bridgehead atoms. The zero-order valence-corrected chi connectivity index (χ0v) is 15.5. The van der Waals surface area contributed by atoms with Gasteiger partial charge in [0.25, 0.3) is 0 Å². The van der Waals surface area contributed by atoms with E-state index in [1.54, 1.807) is 0 Å². The van der Waals surface area contributed by atoms with Crippen LogP contribution in [-0.2, 0) is 22.4 Å². The van der Waals surface area contributed by atoms with Crippen molar-refractivity contribution in [2.45, 2.75) is 38.6 Å². The summed E-state index contributed by atoms with van der Waals surface area (Å²) in [6, 6.07) is 5.95. The van der Waals surface area contributed by atoms with Crippen LogP contribution in [0.2, 0.25) is 0 Å². The fourth-order valence-electron chi connectivity index (χ4n) is 3.50. The van der Waals surface area contributed by atoms with Crippen LogP contribution in [0.3, 0.4) is 0 Å². The molecular formula is C19H28ClN3O2. The van der Waals surface area contributed by atoms with Crippen molar-refractivity contribution in [1.29, 1.82) is 0 Å². The molecule has 2 aromatic rings. The highest BCUT2D eigenvalue weighted by atomic mass is 35.5. The molecule has 0 radical (unpaired) electrons. The Kier molecular flexibility index (Phi) is 7.29. The van der Waals surface area contributed by atoms with Crippen LogP contribution in [0.5, 0.6) is 0 Å². The maximum Gasteiger partial charge on any atom is 0.237 e. The van der Waals surface area contributed by atoms with Gasteiger partial charge in [0.1, 0.15) is 0 Å². The van der Waals surface area contributed by atoms with Crippen LogP contribution >= 0.6 is 12.4 Å². The molecule has 1 aromatic carbocycles. The van der Waals surface area contributed by atoms with Crippen LogP contribution in [0, 0.1) is 5.92 Å². The standard InChI is InChI=1S/C19H27N3O2.ClH/c1-2-13-4-3-5-16-15(12-22-18(13)16)6-9-21-19(23)17(20)14-7-10-24-11-8-14;/h3-5,12,14,17,22H,2,6-11,20H2,1H3,(H,21,23);1H. The van der Waals surface area contributed by atoms with Gasteiger partial charge in [0.05, 0.1) is 6.04 Å². The Morgan fingerprint density at radius 1 is 1.36 bits per heavy atom. The summed E-state index contributed by atoms with van der Waals surface area (Å²) >= 11 is 0. The molecule has 0 spiro atoms. The van der Waals surface area contributed by atoms with E-state index in [-0.39, 0.29) is 24.2 Å². The molecule has 1 saturated heterocycles. The van der Waals surface area contributed by atoms with E-state index in [2.05, 4.69) is 35.4 Å². The average molecular weight is 366 g/mol. The first-order valence-corrected chi connectivity index (χ1v) is 8.89. The van der Waals surface area contributed by atoms with E-state index in [1.165, 1.54) is 22.0 Å². The fraction of sp³-hybridized carbons (Fsp3) is 0.526. The summed E-state index contributed by atoms with van der Waals surface area (Å²) in [5.74, 6) is 0.190. The number of nitrogens with one attached hydrogen (secondary N) is 2. The van der Waals surface area contributed by atoms with Crippen LogP contribution in [0.15, 0.2) is 24.4 Å². The highest BCUT2D eigenvalue weighted by molar-refractivity contribution is 5.86. The summed E-state index contributed by atoms with van der Waals surface area (Å²) in [6.45, 7) is 4.19. The largest absolute Gasteiger partial charge is 0.381 e. The van der Waals surface area contributed by atoms with Crippen molar-refractivity contribution in [3.8, 4) is 0 Å². The van der Waals surface area contributed by atoms with E-state index in [0.29, 0.717) is 19.8 Å². The third-order valence-electron chi connectivity index (χ3n) is 5.04. The van der Waals surface area contributed by atoms with Crippen molar-refractivity contribution in [1.82, 2.24) is 10.3 Å². The molecule has 1 unspecified atom stereocenters. The molecule has 0 aliphatic carbocycles. The zero-order chi connectivity index (χ0) is 16.9. The molecule has 4 N–H and O–H groups in total. The molecule has 1 atom stereocenters. The fourth-order valence-corrected chi connectivity index (χ4v) is 3.50. The van der Waals surface area contributed by atoms with Crippen LogP contribution in [0.25, 0.3) is 10.9 Å². The van der Waals surface area contributed by atoms with E-state index >= 15 is 0 Å². The van der Waals surface area contributed by atoms with Crippen LogP contribution < -0.4 is 11.1 Å². The lowest BCUT2D eigenvalue weighted by Gasteiger charge is -2.26. The maximum absolute atomic E-state index is 12.3. The quantitative estimate of drug-likeness (QED) is 0.736. The van der Waals surface area contributed by atoms with Crippen molar-refractivity contribution in [3.05, 3.63) is 35.5 Å². The second-order valence-corrected chi connectivity index (χ2v) is 6.52. The predicted molar refractivity (Wildman–Crippen MR) is 103 cm³/mol. The van der Waals surface area contributed by atoms with Crippen molar-refractivity contribution in [2.75, 3.05) is 19.8 Å². The smallest absolute Gasteiger partial charge is 0.237 e. The molecule has 0 saturated carbocycles. The topological polar surface area (TPSA) is 80.1 Å². The number of halogens is 1. The lowest BCUT2D eigenvalue weighted by molar-refractivity contribution is -0.124. The molecule has 2 heterocycles. The maximum atomic E-state index is 12.3. The van der Waals surface area contributed by atoms with E-state index in [0.717, 1.165) is 25.7 Å². The van der Waals surface area contributed by atoms with Gasteiger partial charge >= 0.3 is 0 Å². The normalized spacial score (nSPS) is 16.4. The number of aryl methyl sites for hydroxylation is 1. The van der Waals surface area contributed by atoms with E-state index in [4.69, 9.17) is 10.5 Å². The van der Waals surface area contributed by atoms with E-state index < -0.39 is 6.04 Å². The lowest BCUT2D eigenvalue weighted by Crippen LogP contribution is -2.47. The number of ether oxygens (including phenoxy) is 1. The lowest BCUT2D eigenvalue weighted by atomic mass is 9.92. The number of hydrogen-bond donors (Lipinski definition) is 3. The molecular weight excluding hydrogens is 338 g/mol. The van der Waals surface area contributed by atoms with Crippen LogP contribution in [0.4, 0.5) is 0 Å². The summed E-state index contributed by atoms with van der Waals surface area (Å²) in [7, 11) is 0. The van der Waals surface area contributed by atoms with Gasteiger partial charge in [-0.3, -0.25) is 4.79 Å². The average Bonchev–Trinajstić information content (AvgIpc) is 3.05. The van der Waals surface area contributed by atoms with Gasteiger partial charge in [-0.15, -0.1) is 12.4 Å². The number of rotatable bonds is 6. The monoisotopic (exact) mass is 365 g/mol. The van der Waals surface area contributed by atoms with Crippen molar-refractivity contribution in [3.63, 3.8) is 0 Å². The molecule has 3 rings (SSSR count). The van der Waals surface area contributed by atoms with Crippen molar-refractivity contribution >= 4 is 29.2 Å². The van der Waals surface area contributed by atoms with Gasteiger partial charge in [0.15, 0.2) is 0 Å². The number of benzene rings is 1. The first kappa shape index (κ1) is 19.8. The SMILES string of the molecule is CCc1cccc2c(CCNC(=O)C(N)C3CCOCC3)c[nH]c12.Cl. The molecule has 5 nitrogen and oxygen atoms in total. The Bertz CT molecular complexity index is 695. The van der Waals surface area contributed by atoms with Gasteiger partial charge in [-0.25, -0.2) is 0 Å². The van der Waals surface area contributed by atoms with Gasteiger partial charge in [-0.2, -0.15) is 0 Å². The Hall–Kier alpha value is -1.56. The van der Waals surface area contributed by atoms with Crippen LogP contribution in [0.1, 0.15) is 30.9 Å². The Balaban J connectivity index is 0.00000225. The summed E-state index contributed by atoms with van der Waals surface area (Å²) in [5.41, 5.74) is 9.87. The first-order valence-electron chi connectivity index (χ1n) is 8.89. The van der Waals surface area contributed by atoms with Gasteiger partial charge in [0.2, 0.25) is 5.91 Å². The van der Waals surface area contributed by atoms with Gasteiger partial charge in [-0.1, -0.05) is 25.1 Å². The number of fused-ring (bicyclic) bond motifs is 1. The number of aromatic nitrogens is 1. The minimum atomic E-state index is -0.427. The number of para-hydroxylation sites is 1. The third-order valence-corrected chi connectivity index (χ3v) is 5.04. The number of amides is 1. The molecule has 6 heteroatoms. The molecule has 138 valence electrons. The Morgan fingerprint density at radius 3 is 2.84 bits per heavy atom. The molecule has 1 aliphatic rings. The summed E-state index contributed by atoms with van der Waals surface area (Å²) in [6.07, 6.45) is 5.61. The summed E-state index contributed by atoms with van der Waals surface area (Å²) in [4.78, 5) is 15.6. The van der Waals surface area contributed by atoms with Crippen molar-refractivity contribution in [2.24, 2.45) is 11.7 Å². The molecule has 1 aliphatic heterocycles. The zero-order valence-electron chi connectivity index (χ0n) is 14.7. The first-order chi connectivity index (χ1) is 11.7. The number of carbonyl (C=O) groups excluding carboxylic acids is 1. The van der Waals surface area contributed by atoms with Gasteiger partial charge in [0, 0.05) is 36.9 Å². The second-order valence-electron chi connectivity index (χ2n) is 6.52. The number of aromatic amines is 1. The molecule has 1 amide bonds. The number of carbonyl (C=O) groups is 1. The molecule has 25 heavy (non-hydrogen) atoms. The summed E-state index contributed by atoms with van der Waals surface area (Å²) in [5, 5.41) is 4.24. The highest BCUT2D eigenvalue weighted by Gasteiger charge is 2.26.